The summed E-state index contributed by atoms with van der Waals surface area (Å²) < 4.78 is 23.9. The first-order chi connectivity index (χ1) is 9.61. The molecule has 1 heterocycles. The lowest BCUT2D eigenvalue weighted by Gasteiger charge is -2.07. The van der Waals surface area contributed by atoms with Crippen LogP contribution in [0.25, 0.3) is 0 Å². The molecule has 1 rings (SSSR count). The van der Waals surface area contributed by atoms with Crippen molar-refractivity contribution in [3.63, 3.8) is 0 Å². The van der Waals surface area contributed by atoms with Crippen molar-refractivity contribution in [2.75, 3.05) is 24.7 Å². The van der Waals surface area contributed by atoms with Crippen molar-refractivity contribution in [1.82, 2.24) is 10.0 Å². The molecule has 10 heteroatoms. The van der Waals surface area contributed by atoms with Crippen LogP contribution in [0, 0.1) is 13.8 Å². The van der Waals surface area contributed by atoms with Crippen LogP contribution < -0.4 is 15.4 Å². The van der Waals surface area contributed by atoms with E-state index in [9.17, 15) is 18.0 Å². The summed E-state index contributed by atoms with van der Waals surface area (Å²) in [6.07, 6.45) is 1.02. The van der Waals surface area contributed by atoms with Crippen LogP contribution in [0.2, 0.25) is 0 Å². The van der Waals surface area contributed by atoms with Gasteiger partial charge in [0.05, 0.1) is 11.8 Å². The number of carboxylic acid groups (broad SMARTS) is 1. The highest BCUT2D eigenvalue weighted by Crippen LogP contribution is 2.32. The smallest absolute Gasteiger partial charge is 0.338 e. The van der Waals surface area contributed by atoms with Crippen LogP contribution in [0.5, 0.6) is 0 Å². The van der Waals surface area contributed by atoms with E-state index in [2.05, 4.69) is 15.4 Å². The second-order valence-electron chi connectivity index (χ2n) is 4.34. The average molecular weight is 335 g/mol. The van der Waals surface area contributed by atoms with Crippen LogP contribution in [0.3, 0.4) is 0 Å². The lowest BCUT2D eigenvalue weighted by atomic mass is 10.1. The number of amides is 2. The molecule has 0 saturated carbocycles. The van der Waals surface area contributed by atoms with Crippen molar-refractivity contribution in [1.29, 1.82) is 0 Å². The van der Waals surface area contributed by atoms with Crippen LogP contribution in [-0.4, -0.2) is 44.9 Å². The largest absolute Gasteiger partial charge is 0.478 e. The van der Waals surface area contributed by atoms with Gasteiger partial charge in [-0.2, -0.15) is 0 Å². The van der Waals surface area contributed by atoms with Crippen molar-refractivity contribution < 1.29 is 23.1 Å². The number of nitrogens with one attached hydrogen (secondary N) is 3. The second kappa shape index (κ2) is 6.87. The Morgan fingerprint density at radius 3 is 2.38 bits per heavy atom. The Labute approximate surface area is 126 Å². The molecule has 0 spiro atoms. The predicted octanol–water partition coefficient (Wildman–Crippen LogP) is 0.734. The van der Waals surface area contributed by atoms with Crippen LogP contribution in [-0.2, 0) is 10.0 Å². The fraction of sp³-hybridized carbons (Fsp3) is 0.455. The topological polar surface area (TPSA) is 125 Å². The second-order valence-corrected chi connectivity index (χ2v) is 7.40. The summed E-state index contributed by atoms with van der Waals surface area (Å²) in [7, 11) is -3.30. The van der Waals surface area contributed by atoms with Gasteiger partial charge in [-0.05, 0) is 19.4 Å². The van der Waals surface area contributed by atoms with Crippen molar-refractivity contribution in [3.05, 3.63) is 16.0 Å². The number of urea groups is 1. The molecule has 8 nitrogen and oxygen atoms in total. The summed E-state index contributed by atoms with van der Waals surface area (Å²) >= 11 is 1.18. The van der Waals surface area contributed by atoms with Gasteiger partial charge in [0.1, 0.15) is 5.00 Å². The minimum absolute atomic E-state index is 0.0561. The first-order valence-electron chi connectivity index (χ1n) is 5.94. The molecule has 21 heavy (non-hydrogen) atoms. The number of thiophene rings is 1. The highest BCUT2D eigenvalue weighted by Gasteiger charge is 2.20. The van der Waals surface area contributed by atoms with Gasteiger partial charge < -0.3 is 10.4 Å². The van der Waals surface area contributed by atoms with Crippen LogP contribution in [0.1, 0.15) is 20.8 Å². The first-order valence-corrected chi connectivity index (χ1v) is 8.65. The van der Waals surface area contributed by atoms with E-state index in [1.165, 1.54) is 11.3 Å². The molecular formula is C11H17N3O5S2. The zero-order valence-electron chi connectivity index (χ0n) is 11.8. The number of aromatic carboxylic acids is 1. The summed E-state index contributed by atoms with van der Waals surface area (Å²) in [6.45, 7) is 3.59. The van der Waals surface area contributed by atoms with Gasteiger partial charge >= 0.3 is 12.0 Å². The quantitative estimate of drug-likeness (QED) is 0.571. The molecule has 4 N–H and O–H groups in total. The fourth-order valence-electron chi connectivity index (χ4n) is 1.53. The van der Waals surface area contributed by atoms with E-state index in [-0.39, 0.29) is 23.7 Å². The molecule has 2 amide bonds. The Kier molecular flexibility index (Phi) is 5.70. The van der Waals surface area contributed by atoms with Gasteiger partial charge in [0.15, 0.2) is 0 Å². The molecule has 0 radical (unpaired) electrons. The molecule has 0 saturated heterocycles. The normalized spacial score (nSPS) is 11.2. The van der Waals surface area contributed by atoms with Crippen LogP contribution >= 0.6 is 11.3 Å². The van der Waals surface area contributed by atoms with Gasteiger partial charge in [0, 0.05) is 18.0 Å². The van der Waals surface area contributed by atoms with Gasteiger partial charge in [0.2, 0.25) is 10.0 Å². The van der Waals surface area contributed by atoms with E-state index in [0.29, 0.717) is 5.56 Å². The van der Waals surface area contributed by atoms with E-state index in [1.54, 1.807) is 13.8 Å². The monoisotopic (exact) mass is 335 g/mol. The predicted molar refractivity (Wildman–Crippen MR) is 80.6 cm³/mol. The lowest BCUT2D eigenvalue weighted by molar-refractivity contribution is 0.0697. The van der Waals surface area contributed by atoms with Crippen molar-refractivity contribution in [2.24, 2.45) is 0 Å². The Morgan fingerprint density at radius 2 is 1.86 bits per heavy atom. The van der Waals surface area contributed by atoms with E-state index in [1.807, 2.05) is 0 Å². The molecule has 118 valence electrons. The number of carboxylic acids is 1. The maximum Gasteiger partial charge on any atom is 0.338 e. The number of hydrogen-bond acceptors (Lipinski definition) is 5. The fourth-order valence-corrected chi connectivity index (χ4v) is 3.05. The number of carbonyl (C=O) groups is 2. The van der Waals surface area contributed by atoms with Crippen LogP contribution in [0.4, 0.5) is 9.80 Å². The number of rotatable bonds is 6. The summed E-state index contributed by atoms with van der Waals surface area (Å²) in [5, 5.41) is 14.3. The van der Waals surface area contributed by atoms with E-state index in [0.717, 1.165) is 11.1 Å². The van der Waals surface area contributed by atoms with Crippen molar-refractivity contribution >= 4 is 38.4 Å². The molecule has 0 aliphatic heterocycles. The summed E-state index contributed by atoms with van der Waals surface area (Å²) in [5.74, 6) is -1.11. The number of carbonyl (C=O) groups excluding carboxylic acids is 1. The molecule has 0 bridgehead atoms. The van der Waals surface area contributed by atoms with Crippen LogP contribution in [0.15, 0.2) is 0 Å². The third kappa shape index (κ3) is 5.33. The van der Waals surface area contributed by atoms with Gasteiger partial charge in [0.25, 0.3) is 0 Å². The maximum absolute atomic E-state index is 11.6. The molecule has 0 aromatic carbocycles. The number of aryl methyl sites for hydroxylation is 1. The summed E-state index contributed by atoms with van der Waals surface area (Å²) in [4.78, 5) is 23.6. The first kappa shape index (κ1) is 17.4. The SMILES string of the molecule is Cc1sc(NC(=O)NCCNS(C)(=O)=O)c(C(=O)O)c1C. The molecule has 0 atom stereocenters. The minimum atomic E-state index is -3.30. The Balaban J connectivity index is 2.60. The summed E-state index contributed by atoms with van der Waals surface area (Å²) in [6, 6.07) is -0.589. The minimum Gasteiger partial charge on any atom is -0.478 e. The molecule has 0 unspecified atom stereocenters. The molecular weight excluding hydrogens is 318 g/mol. The van der Waals surface area contributed by atoms with Gasteiger partial charge in [-0.15, -0.1) is 11.3 Å². The Hall–Kier alpha value is -1.65. The van der Waals surface area contributed by atoms with Crippen molar-refractivity contribution in [2.45, 2.75) is 13.8 Å². The number of hydrogen-bond donors (Lipinski definition) is 4. The number of anilines is 1. The lowest BCUT2D eigenvalue weighted by Crippen LogP contribution is -2.36. The third-order valence-corrected chi connectivity index (χ3v) is 4.45. The highest BCUT2D eigenvalue weighted by atomic mass is 32.2. The van der Waals surface area contributed by atoms with Gasteiger partial charge in [-0.1, -0.05) is 0 Å². The standard InChI is InChI=1S/C11H17N3O5S2/c1-6-7(2)20-9(8(6)10(15)16)14-11(17)12-4-5-13-21(3,18)19/h13H,4-5H2,1-3H3,(H,15,16)(H2,12,14,17). The Bertz CT molecular complexity index is 651. The molecule has 1 aromatic rings. The van der Waals surface area contributed by atoms with Gasteiger partial charge in [-0.25, -0.2) is 22.7 Å². The Morgan fingerprint density at radius 1 is 1.24 bits per heavy atom. The molecule has 0 aliphatic rings. The molecule has 1 aromatic heterocycles. The zero-order chi connectivity index (χ0) is 16.2. The summed E-state index contributed by atoms with van der Waals surface area (Å²) in [5.41, 5.74) is 0.684. The van der Waals surface area contributed by atoms with Gasteiger partial charge in [-0.3, -0.25) is 5.32 Å². The highest BCUT2D eigenvalue weighted by molar-refractivity contribution is 7.88. The van der Waals surface area contributed by atoms with Crippen molar-refractivity contribution in [3.8, 4) is 0 Å². The average Bonchev–Trinajstić information content (AvgIpc) is 2.59. The van der Waals surface area contributed by atoms with E-state index >= 15 is 0 Å². The third-order valence-electron chi connectivity index (χ3n) is 2.60. The van der Waals surface area contributed by atoms with E-state index in [4.69, 9.17) is 5.11 Å². The molecule has 0 fully saturated rings. The number of sulfonamides is 1. The molecule has 0 aliphatic carbocycles. The van der Waals surface area contributed by atoms with E-state index < -0.39 is 22.0 Å². The maximum atomic E-state index is 11.6. The zero-order valence-corrected chi connectivity index (χ0v) is 13.4.